The largest absolute Gasteiger partial charge is 0.357 e. The summed E-state index contributed by atoms with van der Waals surface area (Å²) in [6, 6.07) is 8.08. The molecule has 0 aromatic carbocycles. The Morgan fingerprint density at radius 2 is 2.17 bits per heavy atom. The number of nitrogens with one attached hydrogen (secondary N) is 1. The normalized spacial score (nSPS) is 15.6. The lowest BCUT2D eigenvalue weighted by Crippen LogP contribution is -2.33. The third-order valence-electron chi connectivity index (χ3n) is 4.32. The molecule has 2 aromatic rings. The summed E-state index contributed by atoms with van der Waals surface area (Å²) in [6.45, 7) is 5.03. The van der Waals surface area contributed by atoms with Crippen molar-refractivity contribution >= 4 is 23.1 Å². The van der Waals surface area contributed by atoms with E-state index >= 15 is 0 Å². The van der Waals surface area contributed by atoms with Gasteiger partial charge in [-0.05, 0) is 41.8 Å². The molecular formula is C18H23N3OS. The lowest BCUT2D eigenvalue weighted by molar-refractivity contribution is -0.120. The minimum atomic E-state index is 0.0570. The van der Waals surface area contributed by atoms with Crippen LogP contribution in [0.5, 0.6) is 0 Å². The molecule has 1 amide bonds. The van der Waals surface area contributed by atoms with Crippen LogP contribution in [0.4, 0.5) is 5.82 Å². The highest BCUT2D eigenvalue weighted by Crippen LogP contribution is 2.21. The van der Waals surface area contributed by atoms with Crippen molar-refractivity contribution in [3.05, 3.63) is 46.3 Å². The summed E-state index contributed by atoms with van der Waals surface area (Å²) in [7, 11) is 0. The second kappa shape index (κ2) is 7.59. The Balaban J connectivity index is 1.48. The van der Waals surface area contributed by atoms with Gasteiger partial charge in [-0.2, -0.15) is 0 Å². The quantitative estimate of drug-likeness (QED) is 0.916. The molecule has 0 saturated carbocycles. The molecule has 0 spiro atoms. The molecule has 0 radical (unpaired) electrons. The van der Waals surface area contributed by atoms with Crippen LogP contribution in [0.2, 0.25) is 0 Å². The van der Waals surface area contributed by atoms with Gasteiger partial charge in [-0.1, -0.05) is 19.1 Å². The number of anilines is 1. The SMILES string of the molecule is CC1CCN(c2ccc(CNC(=O)Cc3cccs3)cn2)CC1. The Labute approximate surface area is 141 Å². The molecule has 1 N–H and O–H groups in total. The summed E-state index contributed by atoms with van der Waals surface area (Å²) in [6.07, 6.45) is 4.80. The standard InChI is InChI=1S/C18H23N3OS/c1-14-6-8-21(9-7-14)17-5-4-15(12-19-17)13-20-18(22)11-16-3-2-10-23-16/h2-5,10,12,14H,6-9,11,13H2,1H3,(H,20,22). The number of pyridine rings is 1. The molecular weight excluding hydrogens is 306 g/mol. The Bertz CT molecular complexity index is 616. The van der Waals surface area contributed by atoms with Gasteiger partial charge in [0, 0.05) is 30.7 Å². The Kier molecular flexibility index (Phi) is 5.28. The summed E-state index contributed by atoms with van der Waals surface area (Å²) >= 11 is 1.61. The van der Waals surface area contributed by atoms with Crippen LogP contribution < -0.4 is 10.2 Å². The average Bonchev–Trinajstić information content (AvgIpc) is 3.07. The molecule has 122 valence electrons. The third-order valence-corrected chi connectivity index (χ3v) is 5.20. The van der Waals surface area contributed by atoms with E-state index in [-0.39, 0.29) is 5.91 Å². The smallest absolute Gasteiger partial charge is 0.225 e. The minimum Gasteiger partial charge on any atom is -0.357 e. The summed E-state index contributed by atoms with van der Waals surface area (Å²) < 4.78 is 0. The molecule has 23 heavy (non-hydrogen) atoms. The molecule has 2 aromatic heterocycles. The van der Waals surface area contributed by atoms with E-state index in [2.05, 4.69) is 34.3 Å². The van der Waals surface area contributed by atoms with Gasteiger partial charge in [0.1, 0.15) is 5.82 Å². The lowest BCUT2D eigenvalue weighted by atomic mass is 9.99. The highest BCUT2D eigenvalue weighted by atomic mass is 32.1. The predicted octanol–water partition coefficient (Wildman–Crippen LogP) is 3.24. The zero-order valence-electron chi connectivity index (χ0n) is 13.5. The van der Waals surface area contributed by atoms with Crippen LogP contribution in [-0.2, 0) is 17.8 Å². The second-order valence-electron chi connectivity index (χ2n) is 6.23. The molecule has 1 fully saturated rings. The number of aromatic nitrogens is 1. The van der Waals surface area contributed by atoms with Gasteiger partial charge in [-0.3, -0.25) is 4.79 Å². The van der Waals surface area contributed by atoms with Crippen molar-refractivity contribution in [1.29, 1.82) is 0 Å². The van der Waals surface area contributed by atoms with E-state index in [1.165, 1.54) is 12.8 Å². The average molecular weight is 329 g/mol. The predicted molar refractivity (Wildman–Crippen MR) is 94.7 cm³/mol. The van der Waals surface area contributed by atoms with E-state index < -0.39 is 0 Å². The van der Waals surface area contributed by atoms with E-state index in [9.17, 15) is 4.79 Å². The molecule has 1 saturated heterocycles. The first kappa shape index (κ1) is 16.0. The number of carbonyl (C=O) groups is 1. The fraction of sp³-hybridized carbons (Fsp3) is 0.444. The Morgan fingerprint density at radius 1 is 1.35 bits per heavy atom. The maximum absolute atomic E-state index is 11.9. The first-order valence-electron chi connectivity index (χ1n) is 8.19. The molecule has 0 atom stereocenters. The molecule has 0 aliphatic carbocycles. The molecule has 4 nitrogen and oxygen atoms in total. The van der Waals surface area contributed by atoms with Crippen molar-refractivity contribution in [2.75, 3.05) is 18.0 Å². The number of rotatable bonds is 5. The van der Waals surface area contributed by atoms with Crippen LogP contribution in [0, 0.1) is 5.92 Å². The number of amides is 1. The molecule has 0 bridgehead atoms. The lowest BCUT2D eigenvalue weighted by Gasteiger charge is -2.31. The van der Waals surface area contributed by atoms with Crippen molar-refractivity contribution < 1.29 is 4.79 Å². The van der Waals surface area contributed by atoms with Crippen molar-refractivity contribution in [1.82, 2.24) is 10.3 Å². The number of hydrogen-bond acceptors (Lipinski definition) is 4. The van der Waals surface area contributed by atoms with Crippen LogP contribution >= 0.6 is 11.3 Å². The number of hydrogen-bond donors (Lipinski definition) is 1. The van der Waals surface area contributed by atoms with E-state index in [1.807, 2.05) is 23.7 Å². The topological polar surface area (TPSA) is 45.2 Å². The minimum absolute atomic E-state index is 0.0570. The van der Waals surface area contributed by atoms with Crippen LogP contribution in [0.1, 0.15) is 30.2 Å². The Morgan fingerprint density at radius 3 is 2.83 bits per heavy atom. The highest BCUT2D eigenvalue weighted by molar-refractivity contribution is 7.10. The van der Waals surface area contributed by atoms with Crippen molar-refractivity contribution in [3.63, 3.8) is 0 Å². The molecule has 0 unspecified atom stereocenters. The van der Waals surface area contributed by atoms with Crippen molar-refractivity contribution in [3.8, 4) is 0 Å². The fourth-order valence-electron chi connectivity index (χ4n) is 2.78. The van der Waals surface area contributed by atoms with Crippen molar-refractivity contribution in [2.45, 2.75) is 32.7 Å². The first-order valence-corrected chi connectivity index (χ1v) is 9.07. The Hall–Kier alpha value is -1.88. The monoisotopic (exact) mass is 329 g/mol. The van der Waals surface area contributed by atoms with Crippen LogP contribution in [0.25, 0.3) is 0 Å². The molecule has 5 heteroatoms. The number of carbonyl (C=O) groups excluding carboxylic acids is 1. The number of nitrogens with zero attached hydrogens (tertiary/aromatic N) is 2. The zero-order chi connectivity index (χ0) is 16.1. The van der Waals surface area contributed by atoms with Crippen LogP contribution in [0.15, 0.2) is 35.8 Å². The third kappa shape index (κ3) is 4.55. The van der Waals surface area contributed by atoms with Crippen molar-refractivity contribution in [2.24, 2.45) is 5.92 Å². The van der Waals surface area contributed by atoms with E-state index in [4.69, 9.17) is 0 Å². The molecule has 3 heterocycles. The van der Waals surface area contributed by atoms with Gasteiger partial charge in [0.15, 0.2) is 0 Å². The van der Waals surface area contributed by atoms with E-state index in [1.54, 1.807) is 11.3 Å². The molecule has 1 aliphatic rings. The maximum atomic E-state index is 11.9. The number of piperidine rings is 1. The van der Waals surface area contributed by atoms with Crippen LogP contribution in [-0.4, -0.2) is 24.0 Å². The summed E-state index contributed by atoms with van der Waals surface area (Å²) in [4.78, 5) is 19.9. The zero-order valence-corrected chi connectivity index (χ0v) is 14.3. The number of thiophene rings is 1. The summed E-state index contributed by atoms with van der Waals surface area (Å²) in [5, 5.41) is 4.95. The summed E-state index contributed by atoms with van der Waals surface area (Å²) in [5.41, 5.74) is 1.04. The van der Waals surface area contributed by atoms with Gasteiger partial charge in [0.2, 0.25) is 5.91 Å². The van der Waals surface area contributed by atoms with Gasteiger partial charge in [0.05, 0.1) is 6.42 Å². The fourth-order valence-corrected chi connectivity index (χ4v) is 3.48. The first-order chi connectivity index (χ1) is 11.2. The highest BCUT2D eigenvalue weighted by Gasteiger charge is 2.16. The molecule has 3 rings (SSSR count). The maximum Gasteiger partial charge on any atom is 0.225 e. The van der Waals surface area contributed by atoms with E-state index in [0.29, 0.717) is 13.0 Å². The second-order valence-corrected chi connectivity index (χ2v) is 7.26. The van der Waals surface area contributed by atoms with Gasteiger partial charge in [-0.15, -0.1) is 11.3 Å². The van der Waals surface area contributed by atoms with Gasteiger partial charge < -0.3 is 10.2 Å². The van der Waals surface area contributed by atoms with Gasteiger partial charge in [-0.25, -0.2) is 4.98 Å². The van der Waals surface area contributed by atoms with Gasteiger partial charge in [0.25, 0.3) is 0 Å². The summed E-state index contributed by atoms with van der Waals surface area (Å²) in [5.74, 6) is 1.93. The van der Waals surface area contributed by atoms with Crippen LogP contribution in [0.3, 0.4) is 0 Å². The van der Waals surface area contributed by atoms with Gasteiger partial charge >= 0.3 is 0 Å². The molecule has 1 aliphatic heterocycles. The van der Waals surface area contributed by atoms with E-state index in [0.717, 1.165) is 35.3 Å².